The Kier molecular flexibility index (Phi) is 6.73. The molecule has 0 radical (unpaired) electrons. The topological polar surface area (TPSA) is 56.2 Å². The van der Waals surface area contributed by atoms with Crippen molar-refractivity contribution in [1.82, 2.24) is 9.78 Å². The third kappa shape index (κ3) is 5.46. The zero-order chi connectivity index (χ0) is 22.5. The molecule has 0 bridgehead atoms. The minimum absolute atomic E-state index is 0.198. The fourth-order valence-corrected chi connectivity index (χ4v) is 3.40. The van der Waals surface area contributed by atoms with Crippen LogP contribution in [-0.2, 0) is 13.2 Å². The molecule has 1 heterocycles. The number of nitrogens with zero attached hydrogens (tertiary/aromatic N) is 2. The number of hydrogen-bond donors (Lipinski definition) is 1. The Hall–Kier alpha value is -3.35. The van der Waals surface area contributed by atoms with Crippen LogP contribution in [0, 0.1) is 5.82 Å². The standard InChI is InChI=1S/C24H18Cl2FN3O2/c25-19-5-3-6-20(12-19)32-15-16-8-10-17(11-9-16)24(31)28-23-21(26)14-30(29-23)13-18-4-1-2-7-22(18)27/h1-12,14H,13,15H2,(H,28,29,31). The van der Waals surface area contributed by atoms with Gasteiger partial charge in [0.05, 0.1) is 6.54 Å². The first-order chi connectivity index (χ1) is 15.5. The van der Waals surface area contributed by atoms with Gasteiger partial charge < -0.3 is 10.1 Å². The molecule has 0 spiro atoms. The van der Waals surface area contributed by atoms with Crippen molar-refractivity contribution in [2.75, 3.05) is 5.32 Å². The molecule has 0 unspecified atom stereocenters. The van der Waals surface area contributed by atoms with Crippen molar-refractivity contribution in [2.45, 2.75) is 13.2 Å². The highest BCUT2D eigenvalue weighted by Gasteiger charge is 2.13. The normalized spacial score (nSPS) is 10.7. The van der Waals surface area contributed by atoms with Crippen LogP contribution in [0.1, 0.15) is 21.5 Å². The second kappa shape index (κ2) is 9.85. The number of anilines is 1. The Morgan fingerprint density at radius 3 is 2.56 bits per heavy atom. The van der Waals surface area contributed by atoms with E-state index >= 15 is 0 Å². The van der Waals surface area contributed by atoms with Gasteiger partial charge in [0, 0.05) is 22.3 Å². The second-order valence-electron chi connectivity index (χ2n) is 7.01. The minimum atomic E-state index is -0.356. The van der Waals surface area contributed by atoms with Crippen LogP contribution in [0.3, 0.4) is 0 Å². The molecular weight excluding hydrogens is 452 g/mol. The Bertz CT molecular complexity index is 1240. The summed E-state index contributed by atoms with van der Waals surface area (Å²) in [5, 5.41) is 7.81. The molecule has 0 fully saturated rings. The maximum atomic E-state index is 13.9. The second-order valence-corrected chi connectivity index (χ2v) is 7.86. The molecular formula is C24H18Cl2FN3O2. The van der Waals surface area contributed by atoms with E-state index in [1.165, 1.54) is 10.7 Å². The fourth-order valence-electron chi connectivity index (χ4n) is 3.02. The molecule has 1 amide bonds. The van der Waals surface area contributed by atoms with Crippen LogP contribution in [-0.4, -0.2) is 15.7 Å². The monoisotopic (exact) mass is 469 g/mol. The molecule has 0 aliphatic heterocycles. The van der Waals surface area contributed by atoms with E-state index < -0.39 is 0 Å². The van der Waals surface area contributed by atoms with Crippen LogP contribution < -0.4 is 10.1 Å². The van der Waals surface area contributed by atoms with Gasteiger partial charge in [0.25, 0.3) is 5.91 Å². The van der Waals surface area contributed by atoms with E-state index in [1.807, 2.05) is 12.1 Å². The van der Waals surface area contributed by atoms with Crippen molar-refractivity contribution in [3.8, 4) is 5.75 Å². The lowest BCUT2D eigenvalue weighted by atomic mass is 10.1. The number of nitrogens with one attached hydrogen (secondary N) is 1. The minimum Gasteiger partial charge on any atom is -0.489 e. The predicted molar refractivity (Wildman–Crippen MR) is 123 cm³/mol. The number of carbonyl (C=O) groups excluding carboxylic acids is 1. The molecule has 0 aliphatic rings. The smallest absolute Gasteiger partial charge is 0.256 e. The van der Waals surface area contributed by atoms with Gasteiger partial charge >= 0.3 is 0 Å². The van der Waals surface area contributed by atoms with Crippen LogP contribution >= 0.6 is 23.2 Å². The molecule has 4 aromatic rings. The lowest BCUT2D eigenvalue weighted by molar-refractivity contribution is 0.102. The van der Waals surface area contributed by atoms with E-state index in [-0.39, 0.29) is 29.1 Å². The van der Waals surface area contributed by atoms with Gasteiger partial charge in [-0.05, 0) is 42.0 Å². The van der Waals surface area contributed by atoms with E-state index in [2.05, 4.69) is 10.4 Å². The molecule has 1 N–H and O–H groups in total. The van der Waals surface area contributed by atoms with Gasteiger partial charge in [0.2, 0.25) is 0 Å². The van der Waals surface area contributed by atoms with E-state index in [1.54, 1.807) is 60.8 Å². The first kappa shape index (κ1) is 21.9. The lowest BCUT2D eigenvalue weighted by Crippen LogP contribution is -2.13. The molecule has 0 saturated carbocycles. The highest BCUT2D eigenvalue weighted by atomic mass is 35.5. The molecule has 0 aliphatic carbocycles. The summed E-state index contributed by atoms with van der Waals surface area (Å²) in [7, 11) is 0. The highest BCUT2D eigenvalue weighted by molar-refractivity contribution is 6.33. The third-order valence-corrected chi connectivity index (χ3v) is 5.17. The van der Waals surface area contributed by atoms with Crippen LogP contribution in [0.5, 0.6) is 5.75 Å². The van der Waals surface area contributed by atoms with Gasteiger partial charge in [-0.2, -0.15) is 5.10 Å². The van der Waals surface area contributed by atoms with Crippen molar-refractivity contribution in [3.05, 3.63) is 112 Å². The Labute approximate surface area is 194 Å². The third-order valence-electron chi connectivity index (χ3n) is 4.66. The SMILES string of the molecule is O=C(Nc1nn(Cc2ccccc2F)cc1Cl)c1ccc(COc2cccc(Cl)c2)cc1. The summed E-state index contributed by atoms with van der Waals surface area (Å²) in [6, 6.07) is 20.5. The van der Waals surface area contributed by atoms with Crippen molar-refractivity contribution in [2.24, 2.45) is 0 Å². The molecule has 32 heavy (non-hydrogen) atoms. The number of aromatic nitrogens is 2. The van der Waals surface area contributed by atoms with E-state index in [9.17, 15) is 9.18 Å². The average Bonchev–Trinajstić information content (AvgIpc) is 3.13. The number of rotatable bonds is 7. The van der Waals surface area contributed by atoms with Gasteiger partial charge in [-0.25, -0.2) is 4.39 Å². The van der Waals surface area contributed by atoms with E-state index in [0.717, 1.165) is 5.56 Å². The van der Waals surface area contributed by atoms with Crippen molar-refractivity contribution >= 4 is 34.9 Å². The number of carbonyl (C=O) groups is 1. The lowest BCUT2D eigenvalue weighted by Gasteiger charge is -2.08. The Balaban J connectivity index is 1.37. The van der Waals surface area contributed by atoms with Gasteiger partial charge in [-0.3, -0.25) is 9.48 Å². The molecule has 4 rings (SSSR count). The van der Waals surface area contributed by atoms with E-state index in [4.69, 9.17) is 27.9 Å². The van der Waals surface area contributed by atoms with Crippen molar-refractivity contribution in [3.63, 3.8) is 0 Å². The largest absolute Gasteiger partial charge is 0.489 e. The number of benzene rings is 3. The summed E-state index contributed by atoms with van der Waals surface area (Å²) in [5.41, 5.74) is 1.81. The molecule has 1 aromatic heterocycles. The molecule has 8 heteroatoms. The van der Waals surface area contributed by atoms with Crippen LogP contribution in [0.2, 0.25) is 10.0 Å². The maximum absolute atomic E-state index is 13.9. The fraction of sp³-hybridized carbons (Fsp3) is 0.0833. The molecule has 3 aromatic carbocycles. The number of amides is 1. The Morgan fingerprint density at radius 2 is 1.81 bits per heavy atom. The maximum Gasteiger partial charge on any atom is 0.256 e. The molecule has 0 atom stereocenters. The number of hydrogen-bond acceptors (Lipinski definition) is 3. The van der Waals surface area contributed by atoms with Gasteiger partial charge in [0.15, 0.2) is 5.82 Å². The highest BCUT2D eigenvalue weighted by Crippen LogP contribution is 2.22. The first-order valence-corrected chi connectivity index (χ1v) is 10.5. The molecule has 5 nitrogen and oxygen atoms in total. The van der Waals surface area contributed by atoms with Gasteiger partial charge in [0.1, 0.15) is 23.2 Å². The number of halogens is 3. The Morgan fingerprint density at radius 1 is 1.03 bits per heavy atom. The zero-order valence-electron chi connectivity index (χ0n) is 16.8. The summed E-state index contributed by atoms with van der Waals surface area (Å²) in [4.78, 5) is 12.6. The summed E-state index contributed by atoms with van der Waals surface area (Å²) >= 11 is 12.2. The predicted octanol–water partition coefficient (Wildman–Crippen LogP) is 6.21. The van der Waals surface area contributed by atoms with Crippen molar-refractivity contribution in [1.29, 1.82) is 0 Å². The van der Waals surface area contributed by atoms with Gasteiger partial charge in [-0.15, -0.1) is 0 Å². The van der Waals surface area contributed by atoms with Crippen LogP contribution in [0.15, 0.2) is 79.0 Å². The van der Waals surface area contributed by atoms with Crippen LogP contribution in [0.25, 0.3) is 0 Å². The summed E-state index contributed by atoms with van der Waals surface area (Å²) in [6.07, 6.45) is 1.54. The van der Waals surface area contributed by atoms with E-state index in [0.29, 0.717) is 28.5 Å². The first-order valence-electron chi connectivity index (χ1n) is 9.73. The number of ether oxygens (including phenoxy) is 1. The van der Waals surface area contributed by atoms with Crippen molar-refractivity contribution < 1.29 is 13.9 Å². The summed E-state index contributed by atoms with van der Waals surface area (Å²) in [5.74, 6) is 0.191. The van der Waals surface area contributed by atoms with Gasteiger partial charge in [-0.1, -0.05) is 59.6 Å². The molecule has 162 valence electrons. The zero-order valence-corrected chi connectivity index (χ0v) is 18.3. The average molecular weight is 470 g/mol. The summed E-state index contributed by atoms with van der Waals surface area (Å²) in [6.45, 7) is 0.540. The quantitative estimate of drug-likeness (QED) is 0.350. The van der Waals surface area contributed by atoms with Crippen LogP contribution in [0.4, 0.5) is 10.2 Å². The molecule has 0 saturated heterocycles. The summed E-state index contributed by atoms with van der Waals surface area (Å²) < 4.78 is 21.0.